The Hall–Kier alpha value is -2.33. The average molecular weight is 395 g/mol. The van der Waals surface area contributed by atoms with Gasteiger partial charge in [-0.25, -0.2) is 0 Å². The lowest BCUT2D eigenvalue weighted by atomic mass is 9.96. The number of amides is 1. The Kier molecular flexibility index (Phi) is 7.70. The second-order valence-corrected chi connectivity index (χ2v) is 8.28. The number of hydrogen-bond acceptors (Lipinski definition) is 3. The molecule has 0 aromatic heterocycles. The van der Waals surface area contributed by atoms with Crippen LogP contribution in [0.25, 0.3) is 0 Å². The lowest BCUT2D eigenvalue weighted by Gasteiger charge is -2.34. The van der Waals surface area contributed by atoms with Crippen LogP contribution in [0.15, 0.2) is 48.5 Å². The van der Waals surface area contributed by atoms with Gasteiger partial charge in [-0.15, -0.1) is 0 Å². The molecule has 0 bridgehead atoms. The van der Waals surface area contributed by atoms with Gasteiger partial charge in [-0.3, -0.25) is 4.79 Å². The molecular weight excluding hydrogens is 360 g/mol. The van der Waals surface area contributed by atoms with E-state index >= 15 is 0 Å². The Morgan fingerprint density at radius 3 is 2.66 bits per heavy atom. The van der Waals surface area contributed by atoms with E-state index in [0.717, 1.165) is 43.9 Å². The highest BCUT2D eigenvalue weighted by atomic mass is 16.5. The predicted octanol–water partition coefficient (Wildman–Crippen LogP) is 3.96. The third kappa shape index (κ3) is 6.33. The predicted molar refractivity (Wildman–Crippen MR) is 118 cm³/mol. The largest absolute Gasteiger partial charge is 0.497 e. The van der Waals surface area contributed by atoms with Crippen molar-refractivity contribution in [3.8, 4) is 5.75 Å². The molecule has 1 amide bonds. The first-order valence-corrected chi connectivity index (χ1v) is 10.7. The SMILES string of the molecule is COc1ccc(CCN2CCC[C@H](CN(C)C(=O)Cc3ccccc3C)C2)cc1. The summed E-state index contributed by atoms with van der Waals surface area (Å²) in [6.45, 7) is 6.24. The number of likely N-dealkylation sites (tertiary alicyclic amines) is 1. The Morgan fingerprint density at radius 2 is 1.93 bits per heavy atom. The number of carbonyl (C=O) groups excluding carboxylic acids is 1. The van der Waals surface area contributed by atoms with Gasteiger partial charge in [-0.2, -0.15) is 0 Å². The normalized spacial score (nSPS) is 17.1. The zero-order valence-corrected chi connectivity index (χ0v) is 18.1. The van der Waals surface area contributed by atoms with E-state index < -0.39 is 0 Å². The molecule has 156 valence electrons. The van der Waals surface area contributed by atoms with E-state index in [4.69, 9.17) is 4.74 Å². The first kappa shape index (κ1) is 21.4. The van der Waals surface area contributed by atoms with Crippen LogP contribution in [0.2, 0.25) is 0 Å². The highest BCUT2D eigenvalue weighted by Crippen LogP contribution is 2.19. The highest BCUT2D eigenvalue weighted by molar-refractivity contribution is 5.78. The van der Waals surface area contributed by atoms with Gasteiger partial charge in [0.2, 0.25) is 5.91 Å². The second kappa shape index (κ2) is 10.4. The van der Waals surface area contributed by atoms with Crippen molar-refractivity contribution in [2.45, 2.75) is 32.6 Å². The van der Waals surface area contributed by atoms with E-state index in [9.17, 15) is 4.79 Å². The molecule has 1 saturated heterocycles. The molecule has 0 saturated carbocycles. The van der Waals surface area contributed by atoms with Crippen molar-refractivity contribution in [2.24, 2.45) is 5.92 Å². The van der Waals surface area contributed by atoms with Gasteiger partial charge in [-0.1, -0.05) is 36.4 Å². The molecule has 2 aromatic carbocycles. The Morgan fingerprint density at radius 1 is 1.17 bits per heavy atom. The third-order valence-electron chi connectivity index (χ3n) is 6.04. The molecule has 29 heavy (non-hydrogen) atoms. The smallest absolute Gasteiger partial charge is 0.226 e. The highest BCUT2D eigenvalue weighted by Gasteiger charge is 2.22. The number of nitrogens with zero attached hydrogens (tertiary/aromatic N) is 2. The minimum absolute atomic E-state index is 0.217. The fraction of sp³-hybridized carbons (Fsp3) is 0.480. The van der Waals surface area contributed by atoms with Crippen molar-refractivity contribution in [3.05, 3.63) is 65.2 Å². The molecular formula is C25H34N2O2. The number of likely N-dealkylation sites (N-methyl/N-ethyl adjacent to an activating group) is 1. The molecule has 0 radical (unpaired) electrons. The van der Waals surface area contributed by atoms with Crippen molar-refractivity contribution in [1.82, 2.24) is 9.80 Å². The molecule has 1 fully saturated rings. The van der Waals surface area contributed by atoms with Crippen molar-refractivity contribution in [3.63, 3.8) is 0 Å². The summed E-state index contributed by atoms with van der Waals surface area (Å²) in [5.41, 5.74) is 3.67. The third-order valence-corrected chi connectivity index (χ3v) is 6.04. The molecule has 1 atom stereocenters. The molecule has 4 heteroatoms. The van der Waals surface area contributed by atoms with Gasteiger partial charge in [-0.05, 0) is 67.5 Å². The molecule has 3 rings (SSSR count). The van der Waals surface area contributed by atoms with Crippen molar-refractivity contribution < 1.29 is 9.53 Å². The summed E-state index contributed by atoms with van der Waals surface area (Å²) in [6.07, 6.45) is 3.98. The Balaban J connectivity index is 1.45. The molecule has 2 aromatic rings. The summed E-state index contributed by atoms with van der Waals surface area (Å²) in [5, 5.41) is 0. The lowest BCUT2D eigenvalue weighted by molar-refractivity contribution is -0.130. The summed E-state index contributed by atoms with van der Waals surface area (Å²) >= 11 is 0. The number of piperidine rings is 1. The fourth-order valence-corrected chi connectivity index (χ4v) is 4.18. The lowest BCUT2D eigenvalue weighted by Crippen LogP contribution is -2.42. The standard InChI is InChI=1S/C25H34N2O2/c1-20-7-4-5-9-23(20)17-25(28)26(2)18-22-8-6-15-27(19-22)16-14-21-10-12-24(29-3)13-11-21/h4-5,7,9-13,22H,6,8,14-19H2,1-3H3/t22-/m1/s1. The Labute approximate surface area is 175 Å². The average Bonchev–Trinajstić information content (AvgIpc) is 2.74. The molecule has 0 aliphatic carbocycles. The van der Waals surface area contributed by atoms with E-state index in [1.165, 1.54) is 24.0 Å². The van der Waals surface area contributed by atoms with E-state index in [-0.39, 0.29) is 5.91 Å². The summed E-state index contributed by atoms with van der Waals surface area (Å²) < 4.78 is 5.24. The maximum atomic E-state index is 12.7. The maximum absolute atomic E-state index is 12.7. The van der Waals surface area contributed by atoms with E-state index in [0.29, 0.717) is 12.3 Å². The van der Waals surface area contributed by atoms with Gasteiger partial charge in [0.1, 0.15) is 5.75 Å². The number of carbonyl (C=O) groups is 1. The van der Waals surface area contributed by atoms with Crippen LogP contribution in [0.1, 0.15) is 29.5 Å². The molecule has 1 heterocycles. The maximum Gasteiger partial charge on any atom is 0.226 e. The van der Waals surface area contributed by atoms with Crippen LogP contribution in [0.4, 0.5) is 0 Å². The minimum atomic E-state index is 0.217. The van der Waals surface area contributed by atoms with Crippen LogP contribution in [0.5, 0.6) is 5.75 Å². The number of hydrogen-bond donors (Lipinski definition) is 0. The van der Waals surface area contributed by atoms with Gasteiger partial charge in [0.25, 0.3) is 0 Å². The summed E-state index contributed by atoms with van der Waals surface area (Å²) in [5.74, 6) is 1.69. The molecule has 0 spiro atoms. The first-order chi connectivity index (χ1) is 14.0. The van der Waals surface area contributed by atoms with Gasteiger partial charge in [0.05, 0.1) is 13.5 Å². The quantitative estimate of drug-likeness (QED) is 0.679. The van der Waals surface area contributed by atoms with Gasteiger partial charge in [0, 0.05) is 26.7 Å². The number of rotatable bonds is 8. The first-order valence-electron chi connectivity index (χ1n) is 10.7. The van der Waals surface area contributed by atoms with Crippen molar-refractivity contribution >= 4 is 5.91 Å². The van der Waals surface area contributed by atoms with Gasteiger partial charge in [0.15, 0.2) is 0 Å². The van der Waals surface area contributed by atoms with Crippen molar-refractivity contribution in [1.29, 1.82) is 0 Å². The topological polar surface area (TPSA) is 32.8 Å². The van der Waals surface area contributed by atoms with Crippen LogP contribution < -0.4 is 4.74 Å². The number of benzene rings is 2. The summed E-state index contributed by atoms with van der Waals surface area (Å²) in [7, 11) is 3.66. The van der Waals surface area contributed by atoms with Crippen LogP contribution in [0, 0.1) is 12.8 Å². The minimum Gasteiger partial charge on any atom is -0.497 e. The van der Waals surface area contributed by atoms with Crippen molar-refractivity contribution in [2.75, 3.05) is 40.3 Å². The van der Waals surface area contributed by atoms with Crippen LogP contribution in [0.3, 0.4) is 0 Å². The summed E-state index contributed by atoms with van der Waals surface area (Å²) in [4.78, 5) is 17.2. The van der Waals surface area contributed by atoms with Crippen LogP contribution in [-0.2, 0) is 17.6 Å². The monoisotopic (exact) mass is 394 g/mol. The number of aryl methyl sites for hydroxylation is 1. The zero-order valence-electron chi connectivity index (χ0n) is 18.1. The molecule has 0 N–H and O–H groups in total. The van der Waals surface area contributed by atoms with E-state index in [2.05, 4.69) is 36.1 Å². The van der Waals surface area contributed by atoms with Crippen LogP contribution in [-0.4, -0.2) is 56.0 Å². The van der Waals surface area contributed by atoms with Gasteiger partial charge >= 0.3 is 0 Å². The molecule has 1 aliphatic heterocycles. The number of ether oxygens (including phenoxy) is 1. The van der Waals surface area contributed by atoms with Crippen LogP contribution >= 0.6 is 0 Å². The van der Waals surface area contributed by atoms with E-state index in [1.807, 2.05) is 36.2 Å². The fourth-order valence-electron chi connectivity index (χ4n) is 4.18. The molecule has 0 unspecified atom stereocenters. The van der Waals surface area contributed by atoms with Gasteiger partial charge < -0.3 is 14.5 Å². The molecule has 1 aliphatic rings. The summed E-state index contributed by atoms with van der Waals surface area (Å²) in [6, 6.07) is 16.5. The number of methoxy groups -OCH3 is 1. The molecule has 4 nitrogen and oxygen atoms in total. The van der Waals surface area contributed by atoms with E-state index in [1.54, 1.807) is 7.11 Å². The second-order valence-electron chi connectivity index (χ2n) is 8.28. The zero-order chi connectivity index (χ0) is 20.6. The Bertz CT molecular complexity index is 788.